The lowest BCUT2D eigenvalue weighted by Gasteiger charge is -2.13. The Kier molecular flexibility index (Phi) is 4.87. The molecule has 0 aliphatic heterocycles. The van der Waals surface area contributed by atoms with Crippen LogP contribution >= 0.6 is 12.4 Å². The fourth-order valence-electron chi connectivity index (χ4n) is 1.77. The smallest absolute Gasteiger partial charge is 0.320 e. The number of carbonyl (C=O) groups is 2. The first-order valence-electron chi connectivity index (χ1n) is 4.23. The van der Waals surface area contributed by atoms with Crippen LogP contribution in [-0.4, -0.2) is 28.2 Å². The second kappa shape index (κ2) is 5.17. The summed E-state index contributed by atoms with van der Waals surface area (Å²) in [6.07, 6.45) is 1.54. The lowest BCUT2D eigenvalue weighted by Crippen LogP contribution is -2.37. The Morgan fingerprint density at radius 2 is 1.86 bits per heavy atom. The average Bonchev–Trinajstić information content (AvgIpc) is 2.50. The molecule has 0 amide bonds. The van der Waals surface area contributed by atoms with Crippen molar-refractivity contribution in [1.29, 1.82) is 0 Å². The Labute approximate surface area is 87.7 Å². The Bertz CT molecular complexity index is 233. The van der Waals surface area contributed by atoms with Gasteiger partial charge in [-0.25, -0.2) is 0 Å². The zero-order chi connectivity index (χ0) is 10.0. The molecule has 1 aliphatic carbocycles. The molecule has 3 atom stereocenters. The summed E-state index contributed by atoms with van der Waals surface area (Å²) in [6, 6.07) is -0.913. The van der Waals surface area contributed by atoms with E-state index in [0.717, 1.165) is 0 Å². The average molecular weight is 224 g/mol. The third kappa shape index (κ3) is 2.85. The second-order valence-corrected chi connectivity index (χ2v) is 3.47. The zero-order valence-corrected chi connectivity index (χ0v) is 8.37. The van der Waals surface area contributed by atoms with Crippen molar-refractivity contribution in [1.82, 2.24) is 0 Å². The number of rotatable bonds is 3. The maximum Gasteiger partial charge on any atom is 0.320 e. The van der Waals surface area contributed by atoms with Crippen LogP contribution < -0.4 is 5.73 Å². The van der Waals surface area contributed by atoms with E-state index in [0.29, 0.717) is 19.3 Å². The minimum Gasteiger partial charge on any atom is -0.481 e. The molecule has 14 heavy (non-hydrogen) atoms. The summed E-state index contributed by atoms with van der Waals surface area (Å²) in [6.45, 7) is 0. The van der Waals surface area contributed by atoms with Gasteiger partial charge >= 0.3 is 11.9 Å². The minimum atomic E-state index is -1.05. The van der Waals surface area contributed by atoms with Crippen LogP contribution in [0, 0.1) is 11.8 Å². The molecule has 82 valence electrons. The fraction of sp³-hybridized carbons (Fsp3) is 0.750. The summed E-state index contributed by atoms with van der Waals surface area (Å²) in [5.41, 5.74) is 5.39. The van der Waals surface area contributed by atoms with Crippen LogP contribution in [0.25, 0.3) is 0 Å². The highest BCUT2D eigenvalue weighted by Crippen LogP contribution is 2.32. The van der Waals surface area contributed by atoms with Gasteiger partial charge in [0.25, 0.3) is 0 Å². The minimum absolute atomic E-state index is 0. The van der Waals surface area contributed by atoms with E-state index in [1.807, 2.05) is 0 Å². The number of halogens is 1. The molecule has 6 heteroatoms. The lowest BCUT2D eigenvalue weighted by atomic mass is 9.97. The Morgan fingerprint density at radius 1 is 1.29 bits per heavy atom. The van der Waals surface area contributed by atoms with Crippen molar-refractivity contribution in [3.05, 3.63) is 0 Å². The molecule has 1 rings (SSSR count). The van der Waals surface area contributed by atoms with Gasteiger partial charge in [0.05, 0.1) is 5.92 Å². The molecule has 1 saturated carbocycles. The van der Waals surface area contributed by atoms with Crippen LogP contribution in [0.2, 0.25) is 0 Å². The Balaban J connectivity index is 0.00000169. The van der Waals surface area contributed by atoms with Gasteiger partial charge in [-0.3, -0.25) is 9.59 Å². The molecule has 0 bridgehead atoms. The molecule has 0 heterocycles. The predicted octanol–water partition coefficient (Wildman–Crippen LogP) is 0.321. The van der Waals surface area contributed by atoms with Crippen molar-refractivity contribution < 1.29 is 19.8 Å². The summed E-state index contributed by atoms with van der Waals surface area (Å²) < 4.78 is 0. The second-order valence-electron chi connectivity index (χ2n) is 3.47. The van der Waals surface area contributed by atoms with Crippen molar-refractivity contribution in [3.63, 3.8) is 0 Å². The summed E-state index contributed by atoms with van der Waals surface area (Å²) in [5, 5.41) is 17.3. The molecule has 0 unspecified atom stereocenters. The summed E-state index contributed by atoms with van der Waals surface area (Å²) >= 11 is 0. The van der Waals surface area contributed by atoms with E-state index in [1.165, 1.54) is 0 Å². The van der Waals surface area contributed by atoms with Crippen LogP contribution in [0.4, 0.5) is 0 Å². The van der Waals surface area contributed by atoms with Crippen LogP contribution in [-0.2, 0) is 9.59 Å². The van der Waals surface area contributed by atoms with E-state index in [1.54, 1.807) is 0 Å². The van der Waals surface area contributed by atoms with E-state index >= 15 is 0 Å². The highest BCUT2D eigenvalue weighted by molar-refractivity contribution is 5.85. The highest BCUT2D eigenvalue weighted by Gasteiger charge is 2.35. The topological polar surface area (TPSA) is 101 Å². The molecule has 5 nitrogen and oxygen atoms in total. The van der Waals surface area contributed by atoms with Crippen LogP contribution in [0.1, 0.15) is 19.3 Å². The fourth-order valence-corrected chi connectivity index (χ4v) is 1.77. The van der Waals surface area contributed by atoms with Crippen LogP contribution in [0.3, 0.4) is 0 Å². The number of aliphatic carboxylic acids is 2. The van der Waals surface area contributed by atoms with Gasteiger partial charge in [-0.05, 0) is 25.2 Å². The summed E-state index contributed by atoms with van der Waals surface area (Å²) in [7, 11) is 0. The zero-order valence-electron chi connectivity index (χ0n) is 7.55. The number of hydrogen-bond donors (Lipinski definition) is 3. The van der Waals surface area contributed by atoms with E-state index < -0.39 is 23.9 Å². The Hall–Kier alpha value is -0.810. The normalized spacial score (nSPS) is 27.8. The first kappa shape index (κ1) is 13.2. The van der Waals surface area contributed by atoms with Gasteiger partial charge in [0.15, 0.2) is 0 Å². The van der Waals surface area contributed by atoms with Gasteiger partial charge in [-0.1, -0.05) is 0 Å². The molecule has 0 saturated heterocycles. The number of hydrogen-bond acceptors (Lipinski definition) is 3. The maximum atomic E-state index is 10.6. The van der Waals surface area contributed by atoms with E-state index in [9.17, 15) is 9.59 Å². The first-order chi connectivity index (χ1) is 6.02. The van der Waals surface area contributed by atoms with Crippen LogP contribution in [0.5, 0.6) is 0 Å². The van der Waals surface area contributed by atoms with E-state index in [2.05, 4.69) is 0 Å². The number of carboxylic acid groups (broad SMARTS) is 2. The van der Waals surface area contributed by atoms with Crippen molar-refractivity contribution in [3.8, 4) is 0 Å². The molecule has 1 aliphatic rings. The van der Waals surface area contributed by atoms with E-state index in [4.69, 9.17) is 15.9 Å². The highest BCUT2D eigenvalue weighted by atomic mass is 35.5. The van der Waals surface area contributed by atoms with Gasteiger partial charge in [-0.15, -0.1) is 12.4 Å². The molecule has 4 N–H and O–H groups in total. The standard InChI is InChI=1S/C8H13NO4.ClH/c9-6(8(12)13)4-1-2-5(3-4)7(10)11;/h4-6H,1-3,9H2,(H,10,11)(H,12,13);1H/t4-,5+,6-;/m1./s1. The van der Waals surface area contributed by atoms with Gasteiger partial charge in [0.1, 0.15) is 6.04 Å². The molecule has 0 aromatic carbocycles. The third-order valence-corrected chi connectivity index (χ3v) is 2.62. The molecule has 0 aromatic heterocycles. The quantitative estimate of drug-likeness (QED) is 0.640. The molecule has 0 radical (unpaired) electrons. The predicted molar refractivity (Wildman–Crippen MR) is 51.3 cm³/mol. The van der Waals surface area contributed by atoms with Gasteiger partial charge in [0, 0.05) is 0 Å². The van der Waals surface area contributed by atoms with Gasteiger partial charge in [0.2, 0.25) is 0 Å². The summed E-state index contributed by atoms with van der Waals surface area (Å²) in [5.74, 6) is -2.48. The van der Waals surface area contributed by atoms with Crippen molar-refractivity contribution in [2.24, 2.45) is 17.6 Å². The number of nitrogens with two attached hydrogens (primary N) is 1. The molecular formula is C8H14ClNO4. The van der Waals surface area contributed by atoms with Crippen molar-refractivity contribution in [2.75, 3.05) is 0 Å². The lowest BCUT2D eigenvalue weighted by molar-refractivity contribution is -0.143. The molecule has 0 spiro atoms. The number of carboxylic acids is 2. The van der Waals surface area contributed by atoms with Crippen LogP contribution in [0.15, 0.2) is 0 Å². The Morgan fingerprint density at radius 3 is 2.21 bits per heavy atom. The van der Waals surface area contributed by atoms with Gasteiger partial charge in [-0.2, -0.15) is 0 Å². The molecule has 0 aromatic rings. The first-order valence-corrected chi connectivity index (χ1v) is 4.23. The van der Waals surface area contributed by atoms with Crippen molar-refractivity contribution >= 4 is 24.3 Å². The SMILES string of the molecule is Cl.N[C@@H](C(=O)O)[C@@H]1CC[C@H](C(=O)O)C1. The van der Waals surface area contributed by atoms with Gasteiger partial charge < -0.3 is 15.9 Å². The third-order valence-electron chi connectivity index (χ3n) is 2.62. The summed E-state index contributed by atoms with van der Waals surface area (Å²) in [4.78, 5) is 21.0. The van der Waals surface area contributed by atoms with E-state index in [-0.39, 0.29) is 18.3 Å². The molecule has 1 fully saturated rings. The van der Waals surface area contributed by atoms with Crippen molar-refractivity contribution in [2.45, 2.75) is 25.3 Å². The largest absolute Gasteiger partial charge is 0.481 e. The molecular weight excluding hydrogens is 210 g/mol. The maximum absolute atomic E-state index is 10.6. The monoisotopic (exact) mass is 223 g/mol.